The van der Waals surface area contributed by atoms with Crippen molar-refractivity contribution in [3.05, 3.63) is 95.1 Å². The van der Waals surface area contributed by atoms with Crippen LogP contribution in [0.5, 0.6) is 5.75 Å². The number of carboxylic acids is 1. The Kier molecular flexibility index (Phi) is 5.88. The van der Waals surface area contributed by atoms with Crippen LogP contribution in [0, 0.1) is 17.8 Å². The summed E-state index contributed by atoms with van der Waals surface area (Å²) in [6, 6.07) is 21.2. The number of imide groups is 1. The van der Waals surface area contributed by atoms with Crippen LogP contribution in [-0.2, 0) is 16.8 Å². The summed E-state index contributed by atoms with van der Waals surface area (Å²) in [5.41, 5.74) is 5.31. The van der Waals surface area contributed by atoms with Gasteiger partial charge in [0.05, 0.1) is 6.54 Å². The van der Waals surface area contributed by atoms with Gasteiger partial charge in [0.15, 0.2) is 0 Å². The maximum absolute atomic E-state index is 13.4. The SMILES string of the molecule is O=C(O)C=Cc1ccc(-c2ccc(OC(=O)N3Cc4ccccc4C3=O)c(C34CC5CC(CC(C5)C3)C4)c2)cc1. The minimum Gasteiger partial charge on any atom is -0.478 e. The lowest BCUT2D eigenvalue weighted by atomic mass is 9.48. The Morgan fingerprint density at radius 2 is 1.52 bits per heavy atom. The van der Waals surface area contributed by atoms with Crippen LogP contribution in [0.4, 0.5) is 4.79 Å². The van der Waals surface area contributed by atoms with Crippen LogP contribution in [0.25, 0.3) is 17.2 Å². The molecule has 1 heterocycles. The van der Waals surface area contributed by atoms with Crippen molar-refractivity contribution in [2.24, 2.45) is 17.8 Å². The first kappa shape index (κ1) is 24.8. The van der Waals surface area contributed by atoms with Crippen molar-refractivity contribution in [3.8, 4) is 16.9 Å². The fourth-order valence-corrected chi connectivity index (χ4v) is 8.16. The van der Waals surface area contributed by atoms with Gasteiger partial charge in [0, 0.05) is 17.2 Å². The highest BCUT2D eigenvalue weighted by Crippen LogP contribution is 2.62. The van der Waals surface area contributed by atoms with Crippen LogP contribution in [-0.4, -0.2) is 28.0 Å². The maximum atomic E-state index is 13.4. The molecule has 4 fully saturated rings. The van der Waals surface area contributed by atoms with Crippen LogP contribution in [0.15, 0.2) is 72.8 Å². The second-order valence-corrected chi connectivity index (χ2v) is 12.1. The lowest BCUT2D eigenvalue weighted by molar-refractivity contribution is -0.131. The summed E-state index contributed by atoms with van der Waals surface area (Å²) >= 11 is 0. The van der Waals surface area contributed by atoms with E-state index in [0.29, 0.717) is 29.1 Å². The summed E-state index contributed by atoms with van der Waals surface area (Å²) in [6.45, 7) is 0.224. The number of aliphatic carboxylic acids is 1. The van der Waals surface area contributed by atoms with Gasteiger partial charge >= 0.3 is 12.1 Å². The normalized spacial score (nSPS) is 26.4. The van der Waals surface area contributed by atoms with Crippen molar-refractivity contribution >= 4 is 24.0 Å². The summed E-state index contributed by atoms with van der Waals surface area (Å²) in [4.78, 5) is 38.5. The van der Waals surface area contributed by atoms with E-state index in [4.69, 9.17) is 9.84 Å². The first-order valence-electron chi connectivity index (χ1n) is 14.1. The third-order valence-corrected chi connectivity index (χ3v) is 9.49. The van der Waals surface area contributed by atoms with Gasteiger partial charge in [-0.1, -0.05) is 48.5 Å². The molecule has 202 valence electrons. The first-order chi connectivity index (χ1) is 19.4. The Balaban J connectivity index is 1.23. The van der Waals surface area contributed by atoms with Gasteiger partial charge in [0.25, 0.3) is 5.91 Å². The quantitative estimate of drug-likeness (QED) is 0.355. The van der Waals surface area contributed by atoms with E-state index in [9.17, 15) is 14.4 Å². The van der Waals surface area contributed by atoms with Crippen molar-refractivity contribution in [1.82, 2.24) is 4.90 Å². The van der Waals surface area contributed by atoms with E-state index in [2.05, 4.69) is 6.07 Å². The number of carboxylic acid groups (broad SMARTS) is 1. The highest BCUT2D eigenvalue weighted by molar-refractivity contribution is 6.06. The number of benzene rings is 3. The Morgan fingerprint density at radius 1 is 0.875 bits per heavy atom. The van der Waals surface area contributed by atoms with Crippen molar-refractivity contribution in [1.29, 1.82) is 0 Å². The molecule has 1 N–H and O–H groups in total. The van der Waals surface area contributed by atoms with Crippen LogP contribution < -0.4 is 4.74 Å². The minimum atomic E-state index is -0.978. The van der Waals surface area contributed by atoms with E-state index in [-0.39, 0.29) is 17.9 Å². The molecule has 40 heavy (non-hydrogen) atoms. The molecule has 3 aromatic carbocycles. The van der Waals surface area contributed by atoms with Crippen LogP contribution >= 0.6 is 0 Å². The Bertz CT molecular complexity index is 1520. The standard InChI is InChI=1S/C34H31NO5/c36-31(37)12-7-21-5-8-25(9-6-21)26-10-11-30(40-33(39)35-20-27-3-1-2-4-28(27)32(35)38)29(16-26)34-17-22-13-23(18-34)15-24(14-22)19-34/h1-12,16,22-24H,13-15,17-20H2,(H,36,37). The van der Waals surface area contributed by atoms with E-state index in [1.165, 1.54) is 24.2 Å². The third-order valence-electron chi connectivity index (χ3n) is 9.49. The Hall–Kier alpha value is -4.19. The molecule has 1 aliphatic heterocycles. The number of amides is 2. The number of carbonyl (C=O) groups is 3. The number of ether oxygens (including phenoxy) is 1. The molecule has 0 spiro atoms. The fraction of sp³-hybridized carbons (Fsp3) is 0.324. The molecule has 2 amide bonds. The average Bonchev–Trinajstić information content (AvgIpc) is 3.28. The third kappa shape index (κ3) is 4.32. The van der Waals surface area contributed by atoms with Gasteiger partial charge in [-0.3, -0.25) is 4.79 Å². The number of nitrogens with zero attached hydrogens (tertiary/aromatic N) is 1. The number of rotatable bonds is 5. The zero-order valence-corrected chi connectivity index (χ0v) is 22.2. The Morgan fingerprint density at radius 3 is 2.17 bits per heavy atom. The zero-order valence-electron chi connectivity index (χ0n) is 22.2. The smallest absolute Gasteiger partial charge is 0.422 e. The molecule has 6 heteroatoms. The van der Waals surface area contributed by atoms with Crippen LogP contribution in [0.2, 0.25) is 0 Å². The van der Waals surface area contributed by atoms with E-state index < -0.39 is 12.1 Å². The topological polar surface area (TPSA) is 83.9 Å². The van der Waals surface area contributed by atoms with Crippen molar-refractivity contribution in [2.75, 3.05) is 0 Å². The summed E-state index contributed by atoms with van der Waals surface area (Å²) in [5, 5.41) is 8.93. The molecule has 4 saturated carbocycles. The molecule has 4 bridgehead atoms. The largest absolute Gasteiger partial charge is 0.478 e. The molecule has 0 radical (unpaired) electrons. The van der Waals surface area contributed by atoms with Gasteiger partial charge in [-0.2, -0.15) is 0 Å². The number of hydrogen-bond acceptors (Lipinski definition) is 4. The van der Waals surface area contributed by atoms with E-state index in [0.717, 1.165) is 53.2 Å². The summed E-state index contributed by atoms with van der Waals surface area (Å²) in [6.07, 6.45) is 9.33. The van der Waals surface area contributed by atoms with Gasteiger partial charge < -0.3 is 9.84 Å². The van der Waals surface area contributed by atoms with Crippen molar-refractivity contribution in [2.45, 2.75) is 50.5 Å². The van der Waals surface area contributed by atoms with Crippen molar-refractivity contribution in [3.63, 3.8) is 0 Å². The molecule has 8 rings (SSSR count). The maximum Gasteiger partial charge on any atom is 0.422 e. The predicted molar refractivity (Wildman–Crippen MR) is 151 cm³/mol. The lowest BCUT2D eigenvalue weighted by Gasteiger charge is -2.57. The second-order valence-electron chi connectivity index (χ2n) is 12.1. The molecule has 6 nitrogen and oxygen atoms in total. The minimum absolute atomic E-state index is 0.0253. The van der Waals surface area contributed by atoms with E-state index >= 15 is 0 Å². The van der Waals surface area contributed by atoms with Gasteiger partial charge in [-0.15, -0.1) is 0 Å². The summed E-state index contributed by atoms with van der Waals surface area (Å²) in [5.74, 6) is 1.41. The number of fused-ring (bicyclic) bond motifs is 1. The van der Waals surface area contributed by atoms with Gasteiger partial charge in [-0.25, -0.2) is 14.5 Å². The average molecular weight is 534 g/mol. The zero-order chi connectivity index (χ0) is 27.4. The highest BCUT2D eigenvalue weighted by atomic mass is 16.6. The van der Waals surface area contributed by atoms with Crippen molar-refractivity contribution < 1.29 is 24.2 Å². The number of hydrogen-bond donors (Lipinski definition) is 1. The summed E-state index contributed by atoms with van der Waals surface area (Å²) < 4.78 is 6.09. The molecule has 0 unspecified atom stereocenters. The van der Waals surface area contributed by atoms with Gasteiger partial charge in [0.1, 0.15) is 5.75 Å². The number of carbonyl (C=O) groups excluding carboxylic acids is 2. The molecular formula is C34H31NO5. The molecule has 4 aliphatic carbocycles. The van der Waals surface area contributed by atoms with E-state index in [1.807, 2.05) is 54.6 Å². The molecule has 0 atom stereocenters. The second kappa shape index (κ2) is 9.47. The lowest BCUT2D eigenvalue weighted by Crippen LogP contribution is -2.48. The molecule has 5 aliphatic rings. The van der Waals surface area contributed by atoms with Gasteiger partial charge in [0.2, 0.25) is 0 Å². The molecule has 0 aromatic heterocycles. The molecular weight excluding hydrogens is 502 g/mol. The Labute approximate surface area is 233 Å². The van der Waals surface area contributed by atoms with Crippen LogP contribution in [0.3, 0.4) is 0 Å². The predicted octanol–water partition coefficient (Wildman–Crippen LogP) is 7.07. The van der Waals surface area contributed by atoms with Gasteiger partial charge in [-0.05, 0) is 108 Å². The molecule has 0 saturated heterocycles. The fourth-order valence-electron chi connectivity index (χ4n) is 8.16. The summed E-state index contributed by atoms with van der Waals surface area (Å²) in [7, 11) is 0. The van der Waals surface area contributed by atoms with E-state index in [1.54, 1.807) is 12.1 Å². The monoisotopic (exact) mass is 533 g/mol. The first-order valence-corrected chi connectivity index (χ1v) is 14.1. The highest BCUT2D eigenvalue weighted by Gasteiger charge is 2.52. The van der Waals surface area contributed by atoms with Crippen LogP contribution in [0.1, 0.15) is 65.6 Å². The molecule has 3 aromatic rings.